The minimum atomic E-state index is -3.36. The monoisotopic (exact) mass is 292 g/mol. The molecular weight excluding hydrogens is 276 g/mol. The summed E-state index contributed by atoms with van der Waals surface area (Å²) in [5, 5.41) is 4.68. The fourth-order valence-electron chi connectivity index (χ4n) is 1.84. The van der Waals surface area contributed by atoms with E-state index in [9.17, 15) is 13.2 Å². The predicted molar refractivity (Wildman–Crippen MR) is 80.1 cm³/mol. The van der Waals surface area contributed by atoms with Gasteiger partial charge in [0.1, 0.15) is 0 Å². The van der Waals surface area contributed by atoms with Crippen LogP contribution in [0, 0.1) is 0 Å². The van der Waals surface area contributed by atoms with Gasteiger partial charge in [-0.2, -0.15) is 4.31 Å². The van der Waals surface area contributed by atoms with Crippen molar-refractivity contribution in [1.29, 1.82) is 0 Å². The van der Waals surface area contributed by atoms with Crippen LogP contribution in [-0.2, 0) is 14.8 Å². The number of sulfonamides is 1. The van der Waals surface area contributed by atoms with E-state index in [1.165, 1.54) is 7.05 Å². The standard InChI is InChI=1S/C14H16N2O3S/c1-16(20(2,18)19)10-14(17)15-13-9-5-7-11-6-3-4-8-12(11)13/h3-9H,10H2,1-2H3,(H,15,17). The van der Waals surface area contributed by atoms with Gasteiger partial charge in [0.15, 0.2) is 0 Å². The van der Waals surface area contributed by atoms with Gasteiger partial charge in [-0.1, -0.05) is 36.4 Å². The van der Waals surface area contributed by atoms with Crippen LogP contribution >= 0.6 is 0 Å². The van der Waals surface area contributed by atoms with Gasteiger partial charge >= 0.3 is 0 Å². The maximum absolute atomic E-state index is 11.9. The Morgan fingerprint density at radius 2 is 1.80 bits per heavy atom. The SMILES string of the molecule is CN(CC(=O)Nc1cccc2ccccc12)S(C)(=O)=O. The second kappa shape index (κ2) is 5.60. The number of nitrogens with zero attached hydrogens (tertiary/aromatic N) is 1. The summed E-state index contributed by atoms with van der Waals surface area (Å²) < 4.78 is 23.6. The molecule has 106 valence electrons. The van der Waals surface area contributed by atoms with Crippen LogP contribution < -0.4 is 5.32 Å². The molecule has 0 saturated heterocycles. The van der Waals surface area contributed by atoms with Crippen molar-refractivity contribution in [3.05, 3.63) is 42.5 Å². The number of nitrogens with one attached hydrogen (secondary N) is 1. The summed E-state index contributed by atoms with van der Waals surface area (Å²) in [5.74, 6) is -0.366. The Labute approximate surface area is 118 Å². The van der Waals surface area contributed by atoms with E-state index in [4.69, 9.17) is 0 Å². The van der Waals surface area contributed by atoms with E-state index in [1.807, 2.05) is 36.4 Å². The second-order valence-electron chi connectivity index (χ2n) is 4.59. The van der Waals surface area contributed by atoms with Crippen molar-refractivity contribution in [2.75, 3.05) is 25.2 Å². The molecule has 0 heterocycles. The van der Waals surface area contributed by atoms with Gasteiger partial charge in [-0.3, -0.25) is 4.79 Å². The molecule has 2 aromatic rings. The van der Waals surface area contributed by atoms with Crippen molar-refractivity contribution in [3.63, 3.8) is 0 Å². The number of carbonyl (C=O) groups excluding carboxylic acids is 1. The van der Waals surface area contributed by atoms with E-state index in [0.29, 0.717) is 5.69 Å². The first-order valence-electron chi connectivity index (χ1n) is 6.07. The summed E-state index contributed by atoms with van der Waals surface area (Å²) in [4.78, 5) is 11.9. The number of rotatable bonds is 4. The van der Waals surface area contributed by atoms with Gasteiger partial charge in [-0.05, 0) is 11.5 Å². The number of carbonyl (C=O) groups is 1. The zero-order valence-corrected chi connectivity index (χ0v) is 12.1. The van der Waals surface area contributed by atoms with Crippen LogP contribution in [0.5, 0.6) is 0 Å². The van der Waals surface area contributed by atoms with Crippen LogP contribution in [0.3, 0.4) is 0 Å². The maximum atomic E-state index is 11.9. The lowest BCUT2D eigenvalue weighted by Crippen LogP contribution is -2.34. The first kappa shape index (κ1) is 14.5. The first-order valence-corrected chi connectivity index (χ1v) is 7.91. The number of hydrogen-bond donors (Lipinski definition) is 1. The molecule has 6 heteroatoms. The molecule has 0 atom stereocenters. The molecule has 0 spiro atoms. The van der Waals surface area contributed by atoms with Gasteiger partial charge in [0.25, 0.3) is 0 Å². The summed E-state index contributed by atoms with van der Waals surface area (Å²) in [6.07, 6.45) is 1.07. The van der Waals surface area contributed by atoms with Gasteiger partial charge in [0, 0.05) is 18.1 Å². The van der Waals surface area contributed by atoms with Crippen molar-refractivity contribution in [2.24, 2.45) is 0 Å². The Bertz CT molecular complexity index is 736. The van der Waals surface area contributed by atoms with E-state index in [-0.39, 0.29) is 12.5 Å². The normalized spacial score (nSPS) is 11.8. The Morgan fingerprint density at radius 1 is 1.15 bits per heavy atom. The zero-order chi connectivity index (χ0) is 14.8. The Kier molecular flexibility index (Phi) is 4.06. The molecule has 0 aliphatic rings. The highest BCUT2D eigenvalue weighted by Crippen LogP contribution is 2.22. The van der Waals surface area contributed by atoms with Crippen LogP contribution in [0.1, 0.15) is 0 Å². The number of hydrogen-bond acceptors (Lipinski definition) is 3. The Morgan fingerprint density at radius 3 is 2.50 bits per heavy atom. The molecule has 0 aliphatic heterocycles. The molecule has 0 aliphatic carbocycles. The molecule has 0 unspecified atom stereocenters. The molecule has 0 aromatic heterocycles. The molecular formula is C14H16N2O3S. The van der Waals surface area contributed by atoms with Crippen molar-refractivity contribution in [3.8, 4) is 0 Å². The fourth-order valence-corrected chi connectivity index (χ4v) is 2.20. The second-order valence-corrected chi connectivity index (χ2v) is 6.68. The molecule has 2 rings (SSSR count). The van der Waals surface area contributed by atoms with E-state index in [1.54, 1.807) is 6.07 Å². The number of likely N-dealkylation sites (N-methyl/N-ethyl adjacent to an activating group) is 1. The predicted octanol–water partition coefficient (Wildman–Crippen LogP) is 1.67. The third kappa shape index (κ3) is 3.34. The molecule has 0 radical (unpaired) electrons. The lowest BCUT2D eigenvalue weighted by atomic mass is 10.1. The summed E-state index contributed by atoms with van der Waals surface area (Å²) in [6.45, 7) is -0.206. The van der Waals surface area contributed by atoms with Crippen molar-refractivity contribution >= 4 is 32.4 Å². The van der Waals surface area contributed by atoms with E-state index >= 15 is 0 Å². The highest BCUT2D eigenvalue weighted by Gasteiger charge is 2.15. The lowest BCUT2D eigenvalue weighted by molar-refractivity contribution is -0.116. The molecule has 5 nitrogen and oxygen atoms in total. The summed E-state index contributed by atoms with van der Waals surface area (Å²) >= 11 is 0. The molecule has 0 fully saturated rings. The minimum absolute atomic E-state index is 0.206. The largest absolute Gasteiger partial charge is 0.324 e. The van der Waals surface area contributed by atoms with Crippen LogP contribution in [0.4, 0.5) is 5.69 Å². The average Bonchev–Trinajstić information content (AvgIpc) is 2.38. The number of benzene rings is 2. The molecule has 0 saturated carbocycles. The molecule has 20 heavy (non-hydrogen) atoms. The first-order chi connectivity index (χ1) is 9.38. The third-order valence-electron chi connectivity index (χ3n) is 3.00. The van der Waals surface area contributed by atoms with Gasteiger partial charge in [0.2, 0.25) is 15.9 Å². The van der Waals surface area contributed by atoms with E-state index in [2.05, 4.69) is 5.32 Å². The van der Waals surface area contributed by atoms with Crippen LogP contribution in [0.2, 0.25) is 0 Å². The smallest absolute Gasteiger partial charge is 0.239 e. The molecule has 0 bridgehead atoms. The number of anilines is 1. The van der Waals surface area contributed by atoms with Crippen LogP contribution in [0.25, 0.3) is 10.8 Å². The summed E-state index contributed by atoms with van der Waals surface area (Å²) in [7, 11) is -1.99. The summed E-state index contributed by atoms with van der Waals surface area (Å²) in [6, 6.07) is 13.3. The topological polar surface area (TPSA) is 66.5 Å². The van der Waals surface area contributed by atoms with E-state index < -0.39 is 10.0 Å². The average molecular weight is 292 g/mol. The van der Waals surface area contributed by atoms with Crippen molar-refractivity contribution in [1.82, 2.24) is 4.31 Å². The molecule has 1 N–H and O–H groups in total. The Balaban J connectivity index is 2.19. The van der Waals surface area contributed by atoms with Crippen molar-refractivity contribution in [2.45, 2.75) is 0 Å². The number of fused-ring (bicyclic) bond motifs is 1. The lowest BCUT2D eigenvalue weighted by Gasteiger charge is -2.14. The van der Waals surface area contributed by atoms with Gasteiger partial charge < -0.3 is 5.32 Å². The Hall–Kier alpha value is -1.92. The van der Waals surface area contributed by atoms with Gasteiger partial charge in [-0.15, -0.1) is 0 Å². The number of amides is 1. The summed E-state index contributed by atoms with van der Waals surface area (Å²) in [5.41, 5.74) is 0.676. The third-order valence-corrected chi connectivity index (χ3v) is 4.26. The molecule has 2 aromatic carbocycles. The zero-order valence-electron chi connectivity index (χ0n) is 11.3. The highest BCUT2D eigenvalue weighted by molar-refractivity contribution is 7.88. The fraction of sp³-hybridized carbons (Fsp3) is 0.214. The quantitative estimate of drug-likeness (QED) is 0.932. The van der Waals surface area contributed by atoms with Crippen molar-refractivity contribution < 1.29 is 13.2 Å². The maximum Gasteiger partial charge on any atom is 0.239 e. The van der Waals surface area contributed by atoms with Crippen LogP contribution in [-0.4, -0.2) is 38.5 Å². The minimum Gasteiger partial charge on any atom is -0.324 e. The van der Waals surface area contributed by atoms with Gasteiger partial charge in [-0.25, -0.2) is 8.42 Å². The van der Waals surface area contributed by atoms with E-state index in [0.717, 1.165) is 21.3 Å². The molecule has 1 amide bonds. The van der Waals surface area contributed by atoms with Gasteiger partial charge in [0.05, 0.1) is 12.8 Å². The van der Waals surface area contributed by atoms with Crippen LogP contribution in [0.15, 0.2) is 42.5 Å². The highest BCUT2D eigenvalue weighted by atomic mass is 32.2.